The molecule has 0 unspecified atom stereocenters. The van der Waals surface area contributed by atoms with Gasteiger partial charge in [-0.1, -0.05) is 18.2 Å². The van der Waals surface area contributed by atoms with Crippen molar-refractivity contribution in [3.8, 4) is 5.75 Å². The largest absolute Gasteiger partial charge is 0.508 e. The van der Waals surface area contributed by atoms with Crippen molar-refractivity contribution in [2.75, 3.05) is 12.4 Å². The summed E-state index contributed by atoms with van der Waals surface area (Å²) < 4.78 is 14.7. The van der Waals surface area contributed by atoms with Crippen molar-refractivity contribution < 1.29 is 9.50 Å². The monoisotopic (exact) mass is 326 g/mol. The molecule has 3 rings (SSSR count). The summed E-state index contributed by atoms with van der Waals surface area (Å²) in [5.41, 5.74) is 2.13. The molecule has 0 aliphatic heterocycles. The van der Waals surface area contributed by atoms with Gasteiger partial charge in [0.25, 0.3) is 0 Å². The van der Waals surface area contributed by atoms with Crippen molar-refractivity contribution in [3.05, 3.63) is 64.9 Å². The van der Waals surface area contributed by atoms with E-state index in [2.05, 4.69) is 10.3 Å². The average Bonchev–Trinajstić information content (AvgIpc) is 2.94. The maximum atomic E-state index is 13.8. The molecule has 0 atom stereocenters. The van der Waals surface area contributed by atoms with Gasteiger partial charge in [0.15, 0.2) is 0 Å². The van der Waals surface area contributed by atoms with Gasteiger partial charge in [0.05, 0.1) is 10.2 Å². The number of phenolic OH excluding ortho intramolecular Hbond substituents is 1. The van der Waals surface area contributed by atoms with Gasteiger partial charge in [-0.25, -0.2) is 9.37 Å². The van der Waals surface area contributed by atoms with Crippen molar-refractivity contribution in [2.45, 2.75) is 0 Å². The molecule has 116 valence electrons. The summed E-state index contributed by atoms with van der Waals surface area (Å²) in [6.07, 6.45) is 7.17. The fraction of sp³-hybridized carbons (Fsp3) is 0.0556. The van der Waals surface area contributed by atoms with E-state index >= 15 is 0 Å². The van der Waals surface area contributed by atoms with Gasteiger partial charge in [0.2, 0.25) is 0 Å². The van der Waals surface area contributed by atoms with Crippen LogP contribution in [0.2, 0.25) is 0 Å². The molecule has 0 spiro atoms. The van der Waals surface area contributed by atoms with Crippen LogP contribution in [0.25, 0.3) is 22.4 Å². The number of hydrogen-bond acceptors (Lipinski definition) is 4. The fourth-order valence-corrected chi connectivity index (χ4v) is 3.03. The topological polar surface area (TPSA) is 45.2 Å². The number of rotatable bonds is 4. The van der Waals surface area contributed by atoms with E-state index in [-0.39, 0.29) is 11.6 Å². The van der Waals surface area contributed by atoms with Crippen LogP contribution in [0.15, 0.2) is 48.6 Å². The Bertz CT molecular complexity index is 899. The molecule has 23 heavy (non-hydrogen) atoms. The van der Waals surface area contributed by atoms with Crippen LogP contribution in [0, 0.1) is 5.82 Å². The quantitative estimate of drug-likeness (QED) is 0.670. The van der Waals surface area contributed by atoms with Crippen LogP contribution in [-0.2, 0) is 0 Å². The highest BCUT2D eigenvalue weighted by Crippen LogP contribution is 2.26. The smallest absolute Gasteiger partial charge is 0.132 e. The lowest BCUT2D eigenvalue weighted by Crippen LogP contribution is -1.90. The van der Waals surface area contributed by atoms with Crippen LogP contribution in [-0.4, -0.2) is 17.1 Å². The lowest BCUT2D eigenvalue weighted by Gasteiger charge is -2.01. The number of nitrogens with one attached hydrogen (secondary N) is 1. The van der Waals surface area contributed by atoms with Crippen LogP contribution in [0.4, 0.5) is 10.1 Å². The first kappa shape index (κ1) is 15.2. The zero-order chi connectivity index (χ0) is 16.2. The van der Waals surface area contributed by atoms with Gasteiger partial charge in [0.1, 0.15) is 16.6 Å². The summed E-state index contributed by atoms with van der Waals surface area (Å²) >= 11 is 1.49. The van der Waals surface area contributed by atoms with Crippen LogP contribution < -0.4 is 5.32 Å². The van der Waals surface area contributed by atoms with Gasteiger partial charge in [-0.05, 0) is 42.5 Å². The number of aromatic hydroxyl groups is 1. The highest BCUT2D eigenvalue weighted by molar-refractivity contribution is 7.19. The second-order valence-electron chi connectivity index (χ2n) is 4.91. The summed E-state index contributed by atoms with van der Waals surface area (Å²) in [4.78, 5) is 4.44. The summed E-state index contributed by atoms with van der Waals surface area (Å²) in [6, 6.07) is 10.1. The molecule has 3 aromatic rings. The molecular weight excluding hydrogens is 311 g/mol. The summed E-state index contributed by atoms with van der Waals surface area (Å²) in [6.45, 7) is 0. The Morgan fingerprint density at radius 3 is 2.74 bits per heavy atom. The maximum Gasteiger partial charge on any atom is 0.132 e. The number of nitrogens with zero attached hydrogens (tertiary/aromatic N) is 1. The van der Waals surface area contributed by atoms with Crippen molar-refractivity contribution in [1.29, 1.82) is 0 Å². The minimum Gasteiger partial charge on any atom is -0.508 e. The lowest BCUT2D eigenvalue weighted by atomic mass is 10.1. The minimum atomic E-state index is -0.267. The van der Waals surface area contributed by atoms with E-state index in [4.69, 9.17) is 0 Å². The predicted octanol–water partition coefficient (Wildman–Crippen LogP) is 4.91. The van der Waals surface area contributed by atoms with Crippen molar-refractivity contribution in [2.24, 2.45) is 0 Å². The highest BCUT2D eigenvalue weighted by Gasteiger charge is 2.02. The summed E-state index contributed by atoms with van der Waals surface area (Å²) in [7, 11) is 1.75. The first-order valence-electron chi connectivity index (χ1n) is 7.07. The third-order valence-electron chi connectivity index (χ3n) is 3.30. The minimum absolute atomic E-state index is 0.233. The molecule has 1 heterocycles. The highest BCUT2D eigenvalue weighted by atomic mass is 32.1. The molecule has 0 bridgehead atoms. The van der Waals surface area contributed by atoms with Crippen LogP contribution >= 0.6 is 11.3 Å². The van der Waals surface area contributed by atoms with E-state index < -0.39 is 0 Å². The van der Waals surface area contributed by atoms with Crippen molar-refractivity contribution >= 4 is 39.4 Å². The molecule has 0 aliphatic rings. The molecule has 1 aromatic heterocycles. The number of phenols is 1. The van der Waals surface area contributed by atoms with E-state index in [0.717, 1.165) is 20.9 Å². The van der Waals surface area contributed by atoms with Gasteiger partial charge in [-0.3, -0.25) is 0 Å². The van der Waals surface area contributed by atoms with Gasteiger partial charge in [-0.2, -0.15) is 0 Å². The SMILES string of the molecule is CNc1ccc(/C=C/C=C/c2nc3ccc(O)cc3s2)c(F)c1. The van der Waals surface area contributed by atoms with Crippen LogP contribution in [0.3, 0.4) is 0 Å². The predicted molar refractivity (Wildman–Crippen MR) is 95.3 cm³/mol. The Hall–Kier alpha value is -2.66. The average molecular weight is 326 g/mol. The maximum absolute atomic E-state index is 13.8. The standard InChI is InChI=1S/C18H15FN2OS/c1-20-13-7-6-12(15(19)10-13)4-2-3-5-18-21-16-9-8-14(22)11-17(16)23-18/h2-11,20,22H,1H3/b4-2+,5-3+. The first-order valence-corrected chi connectivity index (χ1v) is 7.89. The molecule has 0 saturated heterocycles. The number of halogens is 1. The second-order valence-corrected chi connectivity index (χ2v) is 5.97. The molecule has 0 aliphatic carbocycles. The fourth-order valence-electron chi connectivity index (χ4n) is 2.12. The Morgan fingerprint density at radius 2 is 1.96 bits per heavy atom. The normalized spacial score (nSPS) is 11.7. The molecule has 0 amide bonds. The lowest BCUT2D eigenvalue weighted by molar-refractivity contribution is 0.476. The third kappa shape index (κ3) is 3.57. The Balaban J connectivity index is 1.74. The molecule has 2 aromatic carbocycles. The van der Waals surface area contributed by atoms with Crippen LogP contribution in [0.5, 0.6) is 5.75 Å². The number of fused-ring (bicyclic) bond motifs is 1. The van der Waals surface area contributed by atoms with E-state index in [1.165, 1.54) is 17.4 Å². The molecular formula is C18H15FN2OS. The first-order chi connectivity index (χ1) is 11.2. The zero-order valence-electron chi connectivity index (χ0n) is 12.5. The number of benzene rings is 2. The van der Waals surface area contributed by atoms with Gasteiger partial charge < -0.3 is 10.4 Å². The van der Waals surface area contributed by atoms with Crippen molar-refractivity contribution in [3.63, 3.8) is 0 Å². The molecule has 0 fully saturated rings. The third-order valence-corrected chi connectivity index (χ3v) is 4.29. The molecule has 5 heteroatoms. The van der Waals surface area contributed by atoms with Gasteiger partial charge in [-0.15, -0.1) is 11.3 Å². The number of allylic oxidation sites excluding steroid dienone is 2. The molecule has 3 nitrogen and oxygen atoms in total. The van der Waals surface area contributed by atoms with E-state index in [1.807, 2.05) is 18.2 Å². The van der Waals surface area contributed by atoms with E-state index in [0.29, 0.717) is 5.56 Å². The number of hydrogen-bond donors (Lipinski definition) is 2. The van der Waals surface area contributed by atoms with Gasteiger partial charge >= 0.3 is 0 Å². The Kier molecular flexibility index (Phi) is 4.39. The summed E-state index contributed by atoms with van der Waals surface area (Å²) in [5.74, 6) is -0.0333. The van der Waals surface area contributed by atoms with E-state index in [9.17, 15) is 9.50 Å². The van der Waals surface area contributed by atoms with E-state index in [1.54, 1.807) is 43.5 Å². The van der Waals surface area contributed by atoms with Gasteiger partial charge in [0, 0.05) is 18.3 Å². The Morgan fingerprint density at radius 1 is 1.13 bits per heavy atom. The molecule has 2 N–H and O–H groups in total. The number of thiazole rings is 1. The molecule has 0 radical (unpaired) electrons. The van der Waals surface area contributed by atoms with Crippen LogP contribution in [0.1, 0.15) is 10.6 Å². The number of aromatic nitrogens is 1. The Labute approximate surface area is 137 Å². The van der Waals surface area contributed by atoms with Crippen molar-refractivity contribution in [1.82, 2.24) is 4.98 Å². The second kappa shape index (κ2) is 6.62. The molecule has 0 saturated carbocycles. The summed E-state index contributed by atoms with van der Waals surface area (Å²) in [5, 5.41) is 13.2. The zero-order valence-corrected chi connectivity index (χ0v) is 13.3. The number of anilines is 1.